The van der Waals surface area contributed by atoms with E-state index in [2.05, 4.69) is 0 Å². The van der Waals surface area contributed by atoms with Crippen LogP contribution in [0.1, 0.15) is 13.3 Å². The Labute approximate surface area is 54.3 Å². The number of hydrogen-bond donors (Lipinski definition) is 2. The summed E-state index contributed by atoms with van der Waals surface area (Å²) in [5.41, 5.74) is 5.02. The van der Waals surface area contributed by atoms with Crippen LogP contribution in [0, 0.1) is 0 Å². The lowest BCUT2D eigenvalue weighted by molar-refractivity contribution is -0.138. The average Bonchev–Trinajstić information content (AvgIpc) is 1.65. The van der Waals surface area contributed by atoms with Crippen molar-refractivity contribution in [2.45, 2.75) is 19.4 Å². The third kappa shape index (κ3) is 3.89. The zero-order chi connectivity index (χ0) is 5.86. The van der Waals surface area contributed by atoms with Crippen LogP contribution in [0.2, 0.25) is 0 Å². The molecule has 0 saturated heterocycles. The van der Waals surface area contributed by atoms with Crippen molar-refractivity contribution in [3.05, 3.63) is 0 Å². The van der Waals surface area contributed by atoms with E-state index in [1.807, 2.05) is 0 Å². The summed E-state index contributed by atoms with van der Waals surface area (Å²) >= 11 is 0. The van der Waals surface area contributed by atoms with Gasteiger partial charge in [0.15, 0.2) is 0 Å². The Balaban J connectivity index is 0. The molecule has 50 valence electrons. The Morgan fingerprint density at radius 2 is 2.25 bits per heavy atom. The molecule has 0 amide bonds. The molecule has 0 rings (SSSR count). The van der Waals surface area contributed by atoms with E-state index in [1.165, 1.54) is 0 Å². The van der Waals surface area contributed by atoms with E-state index >= 15 is 0 Å². The molecular weight excluding hydrogens is 130 g/mol. The van der Waals surface area contributed by atoms with Gasteiger partial charge in [-0.3, -0.25) is 4.79 Å². The van der Waals surface area contributed by atoms with Gasteiger partial charge in [-0.25, -0.2) is 0 Å². The number of rotatable bonds is 2. The van der Waals surface area contributed by atoms with Gasteiger partial charge in [0.1, 0.15) is 6.04 Å². The molecule has 0 aromatic carbocycles. The minimum Gasteiger partial charge on any atom is -0.480 e. The molecule has 0 spiro atoms. The monoisotopic (exact) mass is 139 g/mol. The fourth-order valence-electron chi connectivity index (χ4n) is 0.175. The van der Waals surface area contributed by atoms with E-state index in [0.717, 1.165) is 0 Å². The van der Waals surface area contributed by atoms with Gasteiger partial charge in [0.25, 0.3) is 0 Å². The van der Waals surface area contributed by atoms with E-state index in [9.17, 15) is 4.79 Å². The van der Waals surface area contributed by atoms with E-state index < -0.39 is 12.0 Å². The van der Waals surface area contributed by atoms with Crippen LogP contribution in [-0.2, 0) is 4.79 Å². The highest BCUT2D eigenvalue weighted by Crippen LogP contribution is 1.82. The standard InChI is InChI=1S/C4H9NO2.ClH/c1-2-3(5)4(6)7;/h3H,2,5H2,1H3,(H,6,7);1H/t3-;/m0./s1. The summed E-state index contributed by atoms with van der Waals surface area (Å²) in [6.45, 7) is 1.73. The first-order valence-electron chi connectivity index (χ1n) is 2.17. The first-order chi connectivity index (χ1) is 3.18. The zero-order valence-corrected chi connectivity index (χ0v) is 5.44. The van der Waals surface area contributed by atoms with Crippen molar-refractivity contribution in [3.8, 4) is 0 Å². The molecule has 3 nitrogen and oxygen atoms in total. The third-order valence-electron chi connectivity index (χ3n) is 0.757. The second-order valence-electron chi connectivity index (χ2n) is 1.35. The molecule has 3 N–H and O–H groups in total. The molecule has 0 saturated carbocycles. The summed E-state index contributed by atoms with van der Waals surface area (Å²) in [6, 6.07) is -0.681. The largest absolute Gasteiger partial charge is 0.480 e. The minimum absolute atomic E-state index is 0. The second-order valence-corrected chi connectivity index (χ2v) is 1.35. The van der Waals surface area contributed by atoms with Gasteiger partial charge in [0.05, 0.1) is 0 Å². The molecule has 0 aromatic rings. The van der Waals surface area contributed by atoms with E-state index in [0.29, 0.717) is 6.42 Å². The molecule has 8 heavy (non-hydrogen) atoms. The molecule has 0 bridgehead atoms. The van der Waals surface area contributed by atoms with Crippen LogP contribution < -0.4 is 5.73 Å². The zero-order valence-electron chi connectivity index (χ0n) is 4.63. The first kappa shape index (κ1) is 10.7. The maximum atomic E-state index is 9.81. The fourth-order valence-corrected chi connectivity index (χ4v) is 0.175. The normalized spacial score (nSPS) is 11.8. The lowest BCUT2D eigenvalue weighted by Gasteiger charge is -1.97. The highest BCUT2D eigenvalue weighted by molar-refractivity contribution is 5.85. The summed E-state index contributed by atoms with van der Waals surface area (Å²) in [5.74, 6) is -0.928. The van der Waals surface area contributed by atoms with Crippen molar-refractivity contribution in [1.29, 1.82) is 0 Å². The van der Waals surface area contributed by atoms with Gasteiger partial charge in [0, 0.05) is 0 Å². The number of aliphatic carboxylic acids is 1. The third-order valence-corrected chi connectivity index (χ3v) is 0.757. The number of nitrogens with two attached hydrogens (primary N) is 1. The topological polar surface area (TPSA) is 63.3 Å². The van der Waals surface area contributed by atoms with E-state index in [-0.39, 0.29) is 12.4 Å². The Bertz CT molecular complexity index is 76.4. The smallest absolute Gasteiger partial charge is 0.320 e. The SMILES string of the molecule is CC[C@H](N)C(=O)O.Cl. The number of carbonyl (C=O) groups is 1. The quantitative estimate of drug-likeness (QED) is 0.576. The highest BCUT2D eigenvalue weighted by atomic mass is 35.5. The van der Waals surface area contributed by atoms with Gasteiger partial charge in [0.2, 0.25) is 0 Å². The lowest BCUT2D eigenvalue weighted by Crippen LogP contribution is -2.28. The maximum absolute atomic E-state index is 9.81. The Morgan fingerprint density at radius 3 is 2.25 bits per heavy atom. The Hall–Kier alpha value is -0.280. The molecule has 0 unspecified atom stereocenters. The van der Waals surface area contributed by atoms with Crippen molar-refractivity contribution in [2.24, 2.45) is 5.73 Å². The van der Waals surface area contributed by atoms with Crippen molar-refractivity contribution in [3.63, 3.8) is 0 Å². The van der Waals surface area contributed by atoms with Crippen LogP contribution >= 0.6 is 12.4 Å². The van der Waals surface area contributed by atoms with Crippen molar-refractivity contribution >= 4 is 18.4 Å². The Morgan fingerprint density at radius 1 is 1.88 bits per heavy atom. The van der Waals surface area contributed by atoms with E-state index in [4.69, 9.17) is 10.8 Å². The first-order valence-corrected chi connectivity index (χ1v) is 2.17. The predicted molar refractivity (Wildman–Crippen MR) is 33.2 cm³/mol. The van der Waals surface area contributed by atoms with Crippen LogP contribution in [-0.4, -0.2) is 17.1 Å². The van der Waals surface area contributed by atoms with Crippen LogP contribution in [0.25, 0.3) is 0 Å². The summed E-state index contributed by atoms with van der Waals surface area (Å²) < 4.78 is 0. The highest BCUT2D eigenvalue weighted by Gasteiger charge is 2.05. The summed E-state index contributed by atoms with van der Waals surface area (Å²) in [6.07, 6.45) is 0.495. The van der Waals surface area contributed by atoms with Gasteiger partial charge in [-0.05, 0) is 6.42 Å². The van der Waals surface area contributed by atoms with Crippen molar-refractivity contribution in [1.82, 2.24) is 0 Å². The Kier molecular flexibility index (Phi) is 6.48. The molecule has 1 atom stereocenters. The maximum Gasteiger partial charge on any atom is 0.320 e. The van der Waals surface area contributed by atoms with Gasteiger partial charge in [-0.2, -0.15) is 0 Å². The number of carboxylic acids is 1. The average molecular weight is 140 g/mol. The number of carboxylic acid groups (broad SMARTS) is 1. The lowest BCUT2D eigenvalue weighted by atomic mass is 10.2. The van der Waals surface area contributed by atoms with Crippen LogP contribution in [0.15, 0.2) is 0 Å². The molecular formula is C4H10ClNO2. The van der Waals surface area contributed by atoms with Crippen molar-refractivity contribution in [2.75, 3.05) is 0 Å². The van der Waals surface area contributed by atoms with Crippen LogP contribution in [0.4, 0.5) is 0 Å². The molecule has 0 aromatic heterocycles. The molecule has 0 aliphatic rings. The van der Waals surface area contributed by atoms with Crippen molar-refractivity contribution < 1.29 is 9.90 Å². The molecule has 4 heteroatoms. The summed E-state index contributed by atoms with van der Waals surface area (Å²) in [5, 5.41) is 8.06. The molecule has 0 fully saturated rings. The molecule has 0 heterocycles. The second kappa shape index (κ2) is 4.87. The van der Waals surface area contributed by atoms with Gasteiger partial charge in [-0.15, -0.1) is 12.4 Å². The summed E-state index contributed by atoms with van der Waals surface area (Å²) in [4.78, 5) is 9.81. The molecule has 0 aliphatic carbocycles. The number of hydrogen-bond acceptors (Lipinski definition) is 2. The summed E-state index contributed by atoms with van der Waals surface area (Å²) in [7, 11) is 0. The van der Waals surface area contributed by atoms with Crippen LogP contribution in [0.5, 0.6) is 0 Å². The minimum atomic E-state index is -0.928. The predicted octanol–water partition coefficient (Wildman–Crippen LogP) is 0.230. The fraction of sp³-hybridized carbons (Fsp3) is 0.750. The van der Waals surface area contributed by atoms with Gasteiger partial charge < -0.3 is 10.8 Å². The number of halogens is 1. The van der Waals surface area contributed by atoms with Gasteiger partial charge >= 0.3 is 5.97 Å². The molecule has 0 aliphatic heterocycles. The molecule has 0 radical (unpaired) electrons. The van der Waals surface area contributed by atoms with Gasteiger partial charge in [-0.1, -0.05) is 6.92 Å². The van der Waals surface area contributed by atoms with Crippen LogP contribution in [0.3, 0.4) is 0 Å². The van der Waals surface area contributed by atoms with E-state index in [1.54, 1.807) is 6.92 Å².